The van der Waals surface area contributed by atoms with Crippen LogP contribution < -0.4 is 10.9 Å². The Morgan fingerprint density at radius 1 is 1.28 bits per heavy atom. The number of hydrogen-bond acceptors (Lipinski definition) is 2. The minimum Gasteiger partial charge on any atom is -0.311 e. The summed E-state index contributed by atoms with van der Waals surface area (Å²) in [6.07, 6.45) is 0. The highest BCUT2D eigenvalue weighted by molar-refractivity contribution is 5.79. The molecule has 0 amide bonds. The first-order valence-electron chi connectivity index (χ1n) is 6.33. The van der Waals surface area contributed by atoms with Crippen molar-refractivity contribution in [1.82, 2.24) is 9.88 Å². The van der Waals surface area contributed by atoms with E-state index in [-0.39, 0.29) is 11.1 Å². The van der Waals surface area contributed by atoms with Crippen molar-refractivity contribution in [2.24, 2.45) is 0 Å². The van der Waals surface area contributed by atoms with Crippen LogP contribution in [-0.4, -0.2) is 11.6 Å². The molecular weight excluding hydrogens is 224 g/mol. The van der Waals surface area contributed by atoms with Crippen molar-refractivity contribution in [2.75, 3.05) is 7.05 Å². The molecule has 0 aliphatic heterocycles. The Labute approximate surface area is 107 Å². The van der Waals surface area contributed by atoms with Gasteiger partial charge in [0.25, 0.3) is 5.56 Å². The van der Waals surface area contributed by atoms with Crippen LogP contribution in [0.2, 0.25) is 0 Å². The number of hydrogen-bond donors (Lipinski definition) is 1. The van der Waals surface area contributed by atoms with Crippen LogP contribution in [0.5, 0.6) is 0 Å². The molecule has 1 heterocycles. The van der Waals surface area contributed by atoms with Gasteiger partial charge in [0.05, 0.1) is 5.52 Å². The maximum Gasteiger partial charge on any atom is 0.256 e. The average molecular weight is 244 g/mol. The predicted molar refractivity (Wildman–Crippen MR) is 76.0 cm³/mol. The van der Waals surface area contributed by atoms with E-state index in [9.17, 15) is 4.79 Å². The minimum atomic E-state index is -0.321. The third-order valence-electron chi connectivity index (χ3n) is 3.62. The van der Waals surface area contributed by atoms with Crippen LogP contribution in [0, 0.1) is 0 Å². The van der Waals surface area contributed by atoms with Gasteiger partial charge in [0.1, 0.15) is 0 Å². The Balaban J connectivity index is 2.86. The minimum absolute atomic E-state index is 0.0931. The summed E-state index contributed by atoms with van der Waals surface area (Å²) in [5, 5.41) is 4.31. The lowest BCUT2D eigenvalue weighted by molar-refractivity contribution is 0.436. The first-order chi connectivity index (χ1) is 8.51. The Kier molecular flexibility index (Phi) is 3.26. The van der Waals surface area contributed by atoms with Gasteiger partial charge in [0, 0.05) is 17.6 Å². The van der Waals surface area contributed by atoms with Crippen LogP contribution in [0.4, 0.5) is 0 Å². The maximum atomic E-state index is 12.5. The lowest BCUT2D eigenvalue weighted by atomic mass is 9.94. The predicted octanol–water partition coefficient (Wildman–Crippen LogP) is 2.48. The third kappa shape index (κ3) is 1.95. The molecule has 0 unspecified atom stereocenters. The summed E-state index contributed by atoms with van der Waals surface area (Å²) in [5.74, 6) is 0. The van der Waals surface area contributed by atoms with E-state index >= 15 is 0 Å². The summed E-state index contributed by atoms with van der Waals surface area (Å²) in [4.78, 5) is 12.5. The molecular formula is C15H20N2O. The number of fused-ring (bicyclic) bond motifs is 1. The summed E-state index contributed by atoms with van der Waals surface area (Å²) >= 11 is 0. The quantitative estimate of drug-likeness (QED) is 0.900. The van der Waals surface area contributed by atoms with Crippen LogP contribution in [-0.2, 0) is 12.1 Å². The highest BCUT2D eigenvalue weighted by atomic mass is 16.1. The molecule has 2 rings (SSSR count). The zero-order valence-corrected chi connectivity index (χ0v) is 11.4. The molecule has 3 heteroatoms. The maximum absolute atomic E-state index is 12.5. The lowest BCUT2D eigenvalue weighted by Crippen LogP contribution is -2.40. The Bertz CT molecular complexity index is 626. The number of rotatable bonds is 3. The SMILES string of the molecule is CCn1c(=O)c(C(C)(C)NC)cc2ccccc21. The highest BCUT2D eigenvalue weighted by Gasteiger charge is 2.23. The molecule has 0 atom stereocenters. The van der Waals surface area contributed by atoms with E-state index in [1.54, 1.807) is 0 Å². The first-order valence-corrected chi connectivity index (χ1v) is 6.33. The van der Waals surface area contributed by atoms with E-state index in [2.05, 4.69) is 11.4 Å². The van der Waals surface area contributed by atoms with Crippen molar-refractivity contribution < 1.29 is 0 Å². The number of nitrogens with zero attached hydrogens (tertiary/aromatic N) is 1. The van der Waals surface area contributed by atoms with Crippen molar-refractivity contribution in [2.45, 2.75) is 32.9 Å². The molecule has 0 bridgehead atoms. The summed E-state index contributed by atoms with van der Waals surface area (Å²) in [6, 6.07) is 10.0. The highest BCUT2D eigenvalue weighted by Crippen LogP contribution is 2.21. The topological polar surface area (TPSA) is 34.0 Å². The van der Waals surface area contributed by atoms with Gasteiger partial charge in [-0.05, 0) is 45.3 Å². The van der Waals surface area contributed by atoms with Gasteiger partial charge in [0.15, 0.2) is 0 Å². The van der Waals surface area contributed by atoms with Gasteiger partial charge >= 0.3 is 0 Å². The second-order valence-corrected chi connectivity index (χ2v) is 5.04. The standard InChI is InChI=1S/C15H20N2O/c1-5-17-13-9-7-6-8-11(13)10-12(14(17)18)15(2,3)16-4/h6-10,16H,5H2,1-4H3. The summed E-state index contributed by atoms with van der Waals surface area (Å²) < 4.78 is 1.84. The number of aromatic nitrogens is 1. The number of benzene rings is 1. The fraction of sp³-hybridized carbons (Fsp3) is 0.400. The second kappa shape index (κ2) is 4.58. The first kappa shape index (κ1) is 12.8. The Hall–Kier alpha value is -1.61. The van der Waals surface area contributed by atoms with Crippen LogP contribution in [0.15, 0.2) is 35.1 Å². The van der Waals surface area contributed by atoms with Crippen LogP contribution in [0.1, 0.15) is 26.3 Å². The van der Waals surface area contributed by atoms with Crippen LogP contribution in [0.3, 0.4) is 0 Å². The van der Waals surface area contributed by atoms with Gasteiger partial charge in [-0.3, -0.25) is 4.79 Å². The fourth-order valence-corrected chi connectivity index (χ4v) is 2.22. The van der Waals surface area contributed by atoms with Gasteiger partial charge in [-0.1, -0.05) is 18.2 Å². The molecule has 0 saturated heterocycles. The van der Waals surface area contributed by atoms with Crippen molar-refractivity contribution in [3.63, 3.8) is 0 Å². The largest absolute Gasteiger partial charge is 0.311 e. The second-order valence-electron chi connectivity index (χ2n) is 5.04. The molecule has 2 aromatic rings. The zero-order chi connectivity index (χ0) is 13.3. The van der Waals surface area contributed by atoms with E-state index in [1.165, 1.54) is 0 Å². The van der Waals surface area contributed by atoms with Crippen molar-refractivity contribution in [1.29, 1.82) is 0 Å². The summed E-state index contributed by atoms with van der Waals surface area (Å²) in [6.45, 7) is 6.74. The molecule has 0 fully saturated rings. The molecule has 1 N–H and O–H groups in total. The van der Waals surface area contributed by atoms with E-state index in [4.69, 9.17) is 0 Å². The summed E-state index contributed by atoms with van der Waals surface area (Å²) in [5.41, 5.74) is 1.58. The van der Waals surface area contributed by atoms with Crippen LogP contribution >= 0.6 is 0 Å². The monoisotopic (exact) mass is 244 g/mol. The van der Waals surface area contributed by atoms with E-state index in [0.717, 1.165) is 16.5 Å². The number of para-hydroxylation sites is 1. The molecule has 1 aromatic heterocycles. The van der Waals surface area contributed by atoms with Crippen molar-refractivity contribution >= 4 is 10.9 Å². The molecule has 0 radical (unpaired) electrons. The van der Waals surface area contributed by atoms with Gasteiger partial charge < -0.3 is 9.88 Å². The molecule has 18 heavy (non-hydrogen) atoms. The molecule has 96 valence electrons. The zero-order valence-electron chi connectivity index (χ0n) is 11.4. The van der Waals surface area contributed by atoms with Gasteiger partial charge in [0.2, 0.25) is 0 Å². The number of nitrogens with one attached hydrogen (secondary N) is 1. The molecule has 1 aromatic carbocycles. The molecule has 0 aliphatic carbocycles. The van der Waals surface area contributed by atoms with E-state index in [1.807, 2.05) is 56.7 Å². The number of pyridine rings is 1. The smallest absolute Gasteiger partial charge is 0.256 e. The lowest BCUT2D eigenvalue weighted by Gasteiger charge is -2.25. The molecule has 3 nitrogen and oxygen atoms in total. The van der Waals surface area contributed by atoms with Crippen molar-refractivity contribution in [3.05, 3.63) is 46.2 Å². The molecule has 0 aliphatic rings. The Morgan fingerprint density at radius 3 is 2.56 bits per heavy atom. The Morgan fingerprint density at radius 2 is 1.94 bits per heavy atom. The van der Waals surface area contributed by atoms with Gasteiger partial charge in [-0.25, -0.2) is 0 Å². The number of aryl methyl sites for hydroxylation is 1. The van der Waals surface area contributed by atoms with Crippen LogP contribution in [0.25, 0.3) is 10.9 Å². The summed E-state index contributed by atoms with van der Waals surface area (Å²) in [7, 11) is 1.88. The molecule has 0 saturated carbocycles. The van der Waals surface area contributed by atoms with E-state index < -0.39 is 0 Å². The van der Waals surface area contributed by atoms with Crippen molar-refractivity contribution in [3.8, 4) is 0 Å². The third-order valence-corrected chi connectivity index (χ3v) is 3.62. The average Bonchev–Trinajstić information content (AvgIpc) is 2.38. The molecule has 0 spiro atoms. The van der Waals surface area contributed by atoms with Gasteiger partial charge in [-0.15, -0.1) is 0 Å². The normalized spacial score (nSPS) is 12.0. The van der Waals surface area contributed by atoms with E-state index in [0.29, 0.717) is 6.54 Å². The van der Waals surface area contributed by atoms with Gasteiger partial charge in [-0.2, -0.15) is 0 Å². The fourth-order valence-electron chi connectivity index (χ4n) is 2.22.